The number of rotatable bonds is 2. The van der Waals surface area contributed by atoms with Crippen molar-refractivity contribution in [3.63, 3.8) is 0 Å². The molecule has 4 heteroatoms. The Bertz CT molecular complexity index is 371. The van der Waals surface area contributed by atoms with Crippen LogP contribution in [0.3, 0.4) is 0 Å². The van der Waals surface area contributed by atoms with E-state index in [2.05, 4.69) is 10.4 Å². The van der Waals surface area contributed by atoms with Gasteiger partial charge in [-0.3, -0.25) is 14.6 Å². The first-order valence-electron chi connectivity index (χ1n) is 5.16. The van der Waals surface area contributed by atoms with E-state index in [-0.39, 0.29) is 5.56 Å². The van der Waals surface area contributed by atoms with Crippen molar-refractivity contribution in [1.29, 1.82) is 0 Å². The highest BCUT2D eigenvalue weighted by molar-refractivity contribution is 5.16. The summed E-state index contributed by atoms with van der Waals surface area (Å²) in [6, 6.07) is 0.548. The van der Waals surface area contributed by atoms with Crippen molar-refractivity contribution in [3.8, 4) is 0 Å². The molecule has 0 bridgehead atoms. The van der Waals surface area contributed by atoms with Gasteiger partial charge in [-0.05, 0) is 26.3 Å². The second-order valence-electron chi connectivity index (χ2n) is 4.08. The molecule has 14 heavy (non-hydrogen) atoms. The number of nitrogens with one attached hydrogen (secondary N) is 2. The summed E-state index contributed by atoms with van der Waals surface area (Å²) in [6.07, 6.45) is 3.42. The molecule has 0 saturated carbocycles. The highest BCUT2D eigenvalue weighted by Crippen LogP contribution is 2.11. The summed E-state index contributed by atoms with van der Waals surface area (Å²) in [7, 11) is 1.76. The lowest BCUT2D eigenvalue weighted by Crippen LogP contribution is -2.24. The van der Waals surface area contributed by atoms with E-state index in [1.54, 1.807) is 11.7 Å². The van der Waals surface area contributed by atoms with Crippen LogP contribution in [0.2, 0.25) is 0 Å². The number of aromatic amines is 1. The van der Waals surface area contributed by atoms with Crippen LogP contribution in [0.4, 0.5) is 0 Å². The molecule has 0 aliphatic carbocycles. The molecule has 1 aliphatic heterocycles. The monoisotopic (exact) mass is 195 g/mol. The van der Waals surface area contributed by atoms with Gasteiger partial charge in [0, 0.05) is 30.8 Å². The maximum atomic E-state index is 11.5. The van der Waals surface area contributed by atoms with E-state index in [1.807, 2.05) is 6.92 Å². The van der Waals surface area contributed by atoms with Gasteiger partial charge >= 0.3 is 0 Å². The Hall–Kier alpha value is -1.03. The van der Waals surface area contributed by atoms with Gasteiger partial charge in [-0.2, -0.15) is 0 Å². The summed E-state index contributed by atoms with van der Waals surface area (Å²) in [5.41, 5.74) is 2.04. The first kappa shape index (κ1) is 9.52. The van der Waals surface area contributed by atoms with Crippen molar-refractivity contribution >= 4 is 0 Å². The molecule has 2 rings (SSSR count). The van der Waals surface area contributed by atoms with Crippen molar-refractivity contribution < 1.29 is 0 Å². The number of nitrogens with zero attached hydrogens (tertiary/aromatic N) is 1. The molecule has 1 aliphatic rings. The molecule has 4 nitrogen and oxygen atoms in total. The Kier molecular flexibility index (Phi) is 2.46. The van der Waals surface area contributed by atoms with Gasteiger partial charge in [0.2, 0.25) is 0 Å². The topological polar surface area (TPSA) is 49.8 Å². The maximum absolute atomic E-state index is 11.5. The quantitative estimate of drug-likeness (QED) is 0.714. The van der Waals surface area contributed by atoms with Crippen molar-refractivity contribution in [2.24, 2.45) is 7.05 Å². The summed E-state index contributed by atoms with van der Waals surface area (Å²) < 4.78 is 1.56. The predicted molar refractivity (Wildman–Crippen MR) is 55.5 cm³/mol. The highest BCUT2D eigenvalue weighted by Gasteiger charge is 2.17. The van der Waals surface area contributed by atoms with Crippen molar-refractivity contribution in [1.82, 2.24) is 15.1 Å². The molecule has 0 radical (unpaired) electrons. The van der Waals surface area contributed by atoms with Crippen LogP contribution < -0.4 is 10.9 Å². The summed E-state index contributed by atoms with van der Waals surface area (Å²) in [5, 5.41) is 6.53. The smallest absolute Gasteiger partial charge is 0.269 e. The van der Waals surface area contributed by atoms with Gasteiger partial charge in [-0.15, -0.1) is 0 Å². The predicted octanol–water partition coefficient (Wildman–Crippen LogP) is 0.316. The first-order chi connectivity index (χ1) is 6.68. The number of hydrogen-bond acceptors (Lipinski definition) is 2. The van der Waals surface area contributed by atoms with E-state index in [1.165, 1.54) is 12.8 Å². The summed E-state index contributed by atoms with van der Waals surface area (Å²) >= 11 is 0. The summed E-state index contributed by atoms with van der Waals surface area (Å²) in [5.74, 6) is 0. The van der Waals surface area contributed by atoms with E-state index >= 15 is 0 Å². The van der Waals surface area contributed by atoms with E-state index in [9.17, 15) is 4.79 Å². The number of hydrogen-bond donors (Lipinski definition) is 2. The van der Waals surface area contributed by atoms with Crippen LogP contribution in [0.15, 0.2) is 4.79 Å². The normalized spacial score (nSPS) is 21.7. The fraction of sp³-hybridized carbons (Fsp3) is 0.700. The zero-order chi connectivity index (χ0) is 10.1. The fourth-order valence-corrected chi connectivity index (χ4v) is 2.09. The molecular weight excluding hydrogens is 178 g/mol. The Balaban J connectivity index is 2.16. The third-order valence-electron chi connectivity index (χ3n) is 2.99. The zero-order valence-electron chi connectivity index (χ0n) is 8.76. The summed E-state index contributed by atoms with van der Waals surface area (Å²) in [4.78, 5) is 11.5. The zero-order valence-corrected chi connectivity index (χ0v) is 8.76. The Morgan fingerprint density at radius 1 is 1.57 bits per heavy atom. The van der Waals surface area contributed by atoms with Crippen molar-refractivity contribution in [2.45, 2.75) is 32.2 Å². The van der Waals surface area contributed by atoms with Gasteiger partial charge in [0.25, 0.3) is 5.56 Å². The standard InChI is InChI=1S/C10H17N3O/c1-7-9(12-13(2)10(7)14)6-8-4-3-5-11-8/h8,11-12H,3-6H2,1-2H3. The Labute approximate surface area is 83.3 Å². The fourth-order valence-electron chi connectivity index (χ4n) is 2.09. The van der Waals surface area contributed by atoms with Crippen LogP contribution in [0.5, 0.6) is 0 Å². The molecule has 0 amide bonds. The van der Waals surface area contributed by atoms with E-state index in [4.69, 9.17) is 0 Å². The molecule has 78 valence electrons. The minimum Gasteiger partial charge on any atom is -0.314 e. The van der Waals surface area contributed by atoms with Crippen LogP contribution in [0, 0.1) is 6.92 Å². The van der Waals surface area contributed by atoms with Gasteiger partial charge in [0.1, 0.15) is 0 Å². The van der Waals surface area contributed by atoms with Crippen molar-refractivity contribution in [2.75, 3.05) is 6.54 Å². The highest BCUT2D eigenvalue weighted by atomic mass is 16.1. The third kappa shape index (κ3) is 1.62. The molecule has 0 aromatic carbocycles. The largest absolute Gasteiger partial charge is 0.314 e. The molecule has 1 fully saturated rings. The lowest BCUT2D eigenvalue weighted by atomic mass is 10.1. The van der Waals surface area contributed by atoms with E-state index in [0.717, 1.165) is 24.2 Å². The number of aryl methyl sites for hydroxylation is 1. The molecule has 2 N–H and O–H groups in total. The van der Waals surface area contributed by atoms with Crippen LogP contribution >= 0.6 is 0 Å². The van der Waals surface area contributed by atoms with Crippen LogP contribution in [0.25, 0.3) is 0 Å². The molecule has 1 atom stereocenters. The lowest BCUT2D eigenvalue weighted by Gasteiger charge is -2.08. The molecular formula is C10H17N3O. The first-order valence-corrected chi connectivity index (χ1v) is 5.16. The molecule has 1 aromatic rings. The van der Waals surface area contributed by atoms with E-state index in [0.29, 0.717) is 6.04 Å². The van der Waals surface area contributed by atoms with Crippen molar-refractivity contribution in [3.05, 3.63) is 21.6 Å². The van der Waals surface area contributed by atoms with Gasteiger partial charge in [0.05, 0.1) is 0 Å². The number of aromatic nitrogens is 2. The second kappa shape index (κ2) is 3.61. The molecule has 1 aromatic heterocycles. The molecule has 1 saturated heterocycles. The third-order valence-corrected chi connectivity index (χ3v) is 2.99. The molecule has 0 spiro atoms. The second-order valence-corrected chi connectivity index (χ2v) is 4.08. The molecule has 2 heterocycles. The van der Waals surface area contributed by atoms with Gasteiger partial charge in [0.15, 0.2) is 0 Å². The van der Waals surface area contributed by atoms with Crippen LogP contribution in [-0.2, 0) is 13.5 Å². The SMILES string of the molecule is Cc1c(CC2CCCN2)[nH]n(C)c1=O. The lowest BCUT2D eigenvalue weighted by molar-refractivity contribution is 0.585. The van der Waals surface area contributed by atoms with Crippen LogP contribution in [-0.4, -0.2) is 22.4 Å². The Morgan fingerprint density at radius 2 is 2.36 bits per heavy atom. The average Bonchev–Trinajstić information content (AvgIpc) is 2.73. The number of H-pyrrole nitrogens is 1. The van der Waals surface area contributed by atoms with Crippen LogP contribution in [0.1, 0.15) is 24.1 Å². The van der Waals surface area contributed by atoms with Gasteiger partial charge in [-0.1, -0.05) is 0 Å². The van der Waals surface area contributed by atoms with E-state index < -0.39 is 0 Å². The average molecular weight is 195 g/mol. The minimum atomic E-state index is 0.0954. The van der Waals surface area contributed by atoms with Gasteiger partial charge in [-0.25, -0.2) is 0 Å². The maximum Gasteiger partial charge on any atom is 0.269 e. The summed E-state index contributed by atoms with van der Waals surface area (Å²) in [6.45, 7) is 3.00. The Morgan fingerprint density at radius 3 is 2.86 bits per heavy atom. The molecule has 1 unspecified atom stereocenters. The minimum absolute atomic E-state index is 0.0954. The van der Waals surface area contributed by atoms with Gasteiger partial charge < -0.3 is 5.32 Å².